The van der Waals surface area contributed by atoms with Crippen molar-refractivity contribution in [1.82, 2.24) is 9.55 Å². The molecule has 1 aromatic heterocycles. The lowest BCUT2D eigenvalue weighted by Gasteiger charge is -2.07. The molecule has 21 heavy (non-hydrogen) atoms. The number of rotatable bonds is 1. The van der Waals surface area contributed by atoms with E-state index in [-0.39, 0.29) is 5.91 Å². The summed E-state index contributed by atoms with van der Waals surface area (Å²) in [6.45, 7) is 4.03. The van der Waals surface area contributed by atoms with Gasteiger partial charge in [0.15, 0.2) is 0 Å². The molecule has 0 aliphatic carbocycles. The first-order chi connectivity index (χ1) is 9.97. The Morgan fingerprint density at radius 3 is 2.52 bits per heavy atom. The van der Waals surface area contributed by atoms with Crippen LogP contribution in [0, 0.1) is 13.8 Å². The molecule has 0 aliphatic heterocycles. The molecule has 0 spiro atoms. The van der Waals surface area contributed by atoms with Gasteiger partial charge in [-0.15, -0.1) is 0 Å². The van der Waals surface area contributed by atoms with Crippen LogP contribution in [0.5, 0.6) is 0 Å². The second-order valence-electron chi connectivity index (χ2n) is 4.97. The van der Waals surface area contributed by atoms with Crippen molar-refractivity contribution in [3.8, 4) is 0 Å². The van der Waals surface area contributed by atoms with E-state index in [1.54, 1.807) is 18.2 Å². The maximum Gasteiger partial charge on any atom is 0.265 e. The number of halogens is 2. The molecule has 0 saturated heterocycles. The average Bonchev–Trinajstić information content (AvgIpc) is 2.81. The fourth-order valence-corrected chi connectivity index (χ4v) is 2.71. The van der Waals surface area contributed by atoms with Crippen LogP contribution in [-0.4, -0.2) is 15.5 Å². The minimum atomic E-state index is -0.220. The van der Waals surface area contributed by atoms with Crippen LogP contribution >= 0.6 is 23.2 Å². The molecule has 3 aromatic rings. The van der Waals surface area contributed by atoms with Gasteiger partial charge in [0.25, 0.3) is 5.91 Å². The van der Waals surface area contributed by atoms with Crippen molar-refractivity contribution in [3.63, 3.8) is 0 Å². The number of nitrogens with zero attached hydrogens (tertiary/aromatic N) is 2. The lowest BCUT2D eigenvalue weighted by atomic mass is 10.1. The van der Waals surface area contributed by atoms with Crippen LogP contribution in [0.15, 0.2) is 36.7 Å². The highest BCUT2D eigenvalue weighted by Crippen LogP contribution is 2.24. The molecule has 0 atom stereocenters. The molecule has 106 valence electrons. The monoisotopic (exact) mass is 318 g/mol. The lowest BCUT2D eigenvalue weighted by molar-refractivity contribution is 0.0964. The van der Waals surface area contributed by atoms with Crippen molar-refractivity contribution in [2.45, 2.75) is 13.8 Å². The van der Waals surface area contributed by atoms with Gasteiger partial charge in [-0.25, -0.2) is 4.98 Å². The average molecular weight is 319 g/mol. The summed E-state index contributed by atoms with van der Waals surface area (Å²) < 4.78 is 1.51. The Bertz CT molecular complexity index is 868. The van der Waals surface area contributed by atoms with E-state index < -0.39 is 0 Å². The Hall–Kier alpha value is -1.84. The Labute approximate surface area is 132 Å². The molecule has 0 unspecified atom stereocenters. The normalized spacial score (nSPS) is 11.0. The number of fused-ring (bicyclic) bond motifs is 1. The third-order valence-corrected chi connectivity index (χ3v) is 4.09. The molecule has 2 aromatic carbocycles. The zero-order chi connectivity index (χ0) is 15.1. The van der Waals surface area contributed by atoms with E-state index in [1.165, 1.54) is 10.9 Å². The molecule has 0 N–H and O–H groups in total. The van der Waals surface area contributed by atoms with E-state index in [4.69, 9.17) is 23.2 Å². The first-order valence-corrected chi connectivity index (χ1v) is 7.17. The van der Waals surface area contributed by atoms with Gasteiger partial charge in [0.1, 0.15) is 6.33 Å². The number of imidazole rings is 1. The minimum absolute atomic E-state index is 0.220. The summed E-state index contributed by atoms with van der Waals surface area (Å²) in [6, 6.07) is 8.76. The lowest BCUT2D eigenvalue weighted by Crippen LogP contribution is -2.11. The van der Waals surface area contributed by atoms with Gasteiger partial charge >= 0.3 is 0 Å². The number of aromatic nitrogens is 2. The van der Waals surface area contributed by atoms with Crippen molar-refractivity contribution in [2.24, 2.45) is 0 Å². The fraction of sp³-hybridized carbons (Fsp3) is 0.125. The third-order valence-electron chi connectivity index (χ3n) is 3.54. The van der Waals surface area contributed by atoms with Crippen LogP contribution in [0.4, 0.5) is 0 Å². The molecule has 0 bridgehead atoms. The zero-order valence-corrected chi connectivity index (χ0v) is 13.0. The van der Waals surface area contributed by atoms with Crippen molar-refractivity contribution >= 4 is 40.1 Å². The maximum absolute atomic E-state index is 12.6. The molecule has 0 saturated carbocycles. The van der Waals surface area contributed by atoms with Crippen molar-refractivity contribution in [3.05, 3.63) is 63.4 Å². The third kappa shape index (κ3) is 2.43. The second-order valence-corrected chi connectivity index (χ2v) is 5.81. The van der Waals surface area contributed by atoms with Crippen molar-refractivity contribution < 1.29 is 4.79 Å². The van der Waals surface area contributed by atoms with E-state index in [0.29, 0.717) is 15.6 Å². The molecule has 3 rings (SSSR count). The van der Waals surface area contributed by atoms with E-state index >= 15 is 0 Å². The molecule has 3 nitrogen and oxygen atoms in total. The number of hydrogen-bond donors (Lipinski definition) is 0. The predicted molar refractivity (Wildman–Crippen MR) is 85.4 cm³/mol. The van der Waals surface area contributed by atoms with Gasteiger partial charge in [-0.3, -0.25) is 9.36 Å². The highest BCUT2D eigenvalue weighted by Gasteiger charge is 2.16. The first-order valence-electron chi connectivity index (χ1n) is 6.41. The Kier molecular flexibility index (Phi) is 3.47. The van der Waals surface area contributed by atoms with E-state index in [2.05, 4.69) is 4.98 Å². The molecule has 0 radical (unpaired) electrons. The topological polar surface area (TPSA) is 34.9 Å². The molecule has 0 aliphatic rings. The predicted octanol–water partition coefficient (Wildman–Crippen LogP) is 4.65. The number of benzene rings is 2. The quantitative estimate of drug-likeness (QED) is 0.654. The molecule has 5 heteroatoms. The second kappa shape index (κ2) is 5.17. The van der Waals surface area contributed by atoms with E-state index in [0.717, 1.165) is 22.2 Å². The first kappa shape index (κ1) is 14.1. The molecule has 0 amide bonds. The summed E-state index contributed by atoms with van der Waals surface area (Å²) in [4.78, 5) is 16.9. The zero-order valence-electron chi connectivity index (χ0n) is 11.5. The van der Waals surface area contributed by atoms with Crippen molar-refractivity contribution in [1.29, 1.82) is 0 Å². The van der Waals surface area contributed by atoms with Crippen LogP contribution in [0.3, 0.4) is 0 Å². The van der Waals surface area contributed by atoms with Gasteiger partial charge in [0.2, 0.25) is 0 Å². The minimum Gasteiger partial charge on any atom is -0.268 e. The van der Waals surface area contributed by atoms with Crippen LogP contribution in [0.1, 0.15) is 21.5 Å². The molecule has 0 fully saturated rings. The number of aryl methyl sites for hydroxylation is 2. The summed E-state index contributed by atoms with van der Waals surface area (Å²) in [5, 5.41) is 0.830. The number of carbonyl (C=O) groups is 1. The summed E-state index contributed by atoms with van der Waals surface area (Å²) in [5.41, 5.74) is 4.22. The summed E-state index contributed by atoms with van der Waals surface area (Å²) in [7, 11) is 0. The standard InChI is InChI=1S/C16H12Cl2N2O/c1-9-5-14-15(6-10(9)2)20(8-19-14)16(21)12-4-3-11(17)7-13(12)18/h3-8H,1-2H3. The van der Waals surface area contributed by atoms with Gasteiger partial charge in [-0.05, 0) is 55.3 Å². The SMILES string of the molecule is Cc1cc2ncn(C(=O)c3ccc(Cl)cc3Cl)c2cc1C. The Morgan fingerprint density at radius 2 is 1.81 bits per heavy atom. The van der Waals surface area contributed by atoms with E-state index in [1.807, 2.05) is 26.0 Å². The Balaban J connectivity index is 2.16. The summed E-state index contributed by atoms with van der Waals surface area (Å²) in [6.07, 6.45) is 1.52. The van der Waals surface area contributed by atoms with Crippen LogP contribution in [-0.2, 0) is 0 Å². The highest BCUT2D eigenvalue weighted by atomic mass is 35.5. The van der Waals surface area contributed by atoms with Gasteiger partial charge < -0.3 is 0 Å². The van der Waals surface area contributed by atoms with Crippen LogP contribution < -0.4 is 0 Å². The summed E-state index contributed by atoms with van der Waals surface area (Å²) in [5.74, 6) is -0.220. The van der Waals surface area contributed by atoms with Gasteiger partial charge in [-0.2, -0.15) is 0 Å². The molecule has 1 heterocycles. The van der Waals surface area contributed by atoms with Crippen LogP contribution in [0.2, 0.25) is 10.0 Å². The molecular weight excluding hydrogens is 307 g/mol. The van der Waals surface area contributed by atoms with Crippen LogP contribution in [0.25, 0.3) is 11.0 Å². The maximum atomic E-state index is 12.6. The summed E-state index contributed by atoms with van der Waals surface area (Å²) >= 11 is 12.0. The van der Waals surface area contributed by atoms with E-state index in [9.17, 15) is 4.79 Å². The van der Waals surface area contributed by atoms with Crippen molar-refractivity contribution in [2.75, 3.05) is 0 Å². The van der Waals surface area contributed by atoms with Gasteiger partial charge in [0, 0.05) is 5.02 Å². The highest BCUT2D eigenvalue weighted by molar-refractivity contribution is 6.36. The number of carbonyl (C=O) groups excluding carboxylic acids is 1. The smallest absolute Gasteiger partial charge is 0.265 e. The van der Waals surface area contributed by atoms with Gasteiger partial charge in [0.05, 0.1) is 21.6 Å². The largest absolute Gasteiger partial charge is 0.268 e. The molecular formula is C16H12Cl2N2O. The fourth-order valence-electron chi connectivity index (χ4n) is 2.22. The number of hydrogen-bond acceptors (Lipinski definition) is 2. The van der Waals surface area contributed by atoms with Gasteiger partial charge in [-0.1, -0.05) is 23.2 Å². The Morgan fingerprint density at radius 1 is 1.10 bits per heavy atom.